The zero-order valence-electron chi connectivity index (χ0n) is 12.5. The lowest BCUT2D eigenvalue weighted by molar-refractivity contribution is 0.102. The van der Waals surface area contributed by atoms with Gasteiger partial charge in [0, 0.05) is 20.9 Å². The van der Waals surface area contributed by atoms with E-state index in [4.69, 9.17) is 4.42 Å². The summed E-state index contributed by atoms with van der Waals surface area (Å²) in [7, 11) is 0. The van der Waals surface area contributed by atoms with E-state index in [1.807, 2.05) is 19.9 Å². The average molecular weight is 348 g/mol. The first-order chi connectivity index (χ1) is 11.0. The third-order valence-electron chi connectivity index (χ3n) is 3.17. The number of thiophene rings is 1. The van der Waals surface area contributed by atoms with Gasteiger partial charge in [-0.25, -0.2) is 4.39 Å². The van der Waals surface area contributed by atoms with E-state index in [0.29, 0.717) is 16.7 Å². The van der Waals surface area contributed by atoms with E-state index in [9.17, 15) is 9.18 Å². The molecular weight excluding hydrogens is 335 g/mol. The van der Waals surface area contributed by atoms with E-state index in [2.05, 4.69) is 10.2 Å². The second-order valence-corrected chi connectivity index (χ2v) is 7.31. The first-order valence-corrected chi connectivity index (χ1v) is 8.65. The van der Waals surface area contributed by atoms with Crippen LogP contribution in [-0.2, 0) is 0 Å². The molecule has 0 spiro atoms. The zero-order valence-corrected chi connectivity index (χ0v) is 14.1. The molecule has 0 aliphatic rings. The molecule has 118 valence electrons. The van der Waals surface area contributed by atoms with Crippen molar-refractivity contribution >= 4 is 28.9 Å². The number of thioether (sulfide) groups is 1. The largest absolute Gasteiger partial charge is 0.411 e. The summed E-state index contributed by atoms with van der Waals surface area (Å²) in [5, 5.41) is 8.15. The Morgan fingerprint density at radius 2 is 2.00 bits per heavy atom. The second kappa shape index (κ2) is 6.64. The van der Waals surface area contributed by atoms with Gasteiger partial charge in [-0.05, 0) is 44.2 Å². The minimum Gasteiger partial charge on any atom is -0.411 e. The van der Waals surface area contributed by atoms with Crippen LogP contribution in [0.25, 0.3) is 11.5 Å². The first kappa shape index (κ1) is 15.9. The van der Waals surface area contributed by atoms with Crippen molar-refractivity contribution in [2.45, 2.75) is 19.1 Å². The van der Waals surface area contributed by atoms with Crippen molar-refractivity contribution in [3.63, 3.8) is 0 Å². The van der Waals surface area contributed by atoms with Gasteiger partial charge in [-0.15, -0.1) is 21.5 Å². The Balaban J connectivity index is 1.66. The van der Waals surface area contributed by atoms with Crippen molar-refractivity contribution < 1.29 is 13.6 Å². The summed E-state index contributed by atoms with van der Waals surface area (Å²) in [5.74, 6) is 0.262. The van der Waals surface area contributed by atoms with Crippen LogP contribution in [0.3, 0.4) is 0 Å². The van der Waals surface area contributed by atoms with Crippen LogP contribution < -0.4 is 0 Å². The van der Waals surface area contributed by atoms with Crippen LogP contribution in [0.5, 0.6) is 0 Å². The van der Waals surface area contributed by atoms with Gasteiger partial charge in [0.25, 0.3) is 5.22 Å². The maximum absolute atomic E-state index is 12.9. The Morgan fingerprint density at radius 1 is 1.26 bits per heavy atom. The number of aryl methyl sites for hydroxylation is 2. The van der Waals surface area contributed by atoms with Crippen molar-refractivity contribution in [3.8, 4) is 11.5 Å². The topological polar surface area (TPSA) is 56.0 Å². The van der Waals surface area contributed by atoms with Crippen LogP contribution >= 0.6 is 23.1 Å². The quantitative estimate of drug-likeness (QED) is 0.501. The maximum Gasteiger partial charge on any atom is 0.277 e. The normalized spacial score (nSPS) is 10.9. The number of ketones is 1. The molecule has 2 aromatic heterocycles. The number of hydrogen-bond acceptors (Lipinski definition) is 6. The summed E-state index contributed by atoms with van der Waals surface area (Å²) in [5.41, 5.74) is 1.39. The molecule has 0 bridgehead atoms. The molecule has 0 atom stereocenters. The third kappa shape index (κ3) is 3.68. The van der Waals surface area contributed by atoms with E-state index in [-0.39, 0.29) is 17.4 Å². The van der Waals surface area contributed by atoms with Gasteiger partial charge < -0.3 is 4.42 Å². The van der Waals surface area contributed by atoms with Crippen molar-refractivity contribution in [1.29, 1.82) is 0 Å². The van der Waals surface area contributed by atoms with Gasteiger partial charge in [0.15, 0.2) is 5.78 Å². The Bertz CT molecular complexity index is 840. The third-order valence-corrected chi connectivity index (χ3v) is 4.95. The lowest BCUT2D eigenvalue weighted by atomic mass is 10.2. The standard InChI is InChI=1S/C16H13FN2O2S2/c1-9-7-13(10(2)23-9)14(20)8-22-16-19-18-15(21-16)11-3-5-12(17)6-4-11/h3-7H,8H2,1-2H3. The van der Waals surface area contributed by atoms with Crippen molar-refractivity contribution in [1.82, 2.24) is 10.2 Å². The molecule has 0 saturated heterocycles. The monoisotopic (exact) mass is 348 g/mol. The number of halogens is 1. The summed E-state index contributed by atoms with van der Waals surface area (Å²) in [6, 6.07) is 7.70. The fourth-order valence-corrected chi connectivity index (χ4v) is 3.68. The number of carbonyl (C=O) groups excluding carboxylic acids is 1. The van der Waals surface area contributed by atoms with Gasteiger partial charge in [0.2, 0.25) is 5.89 Å². The van der Waals surface area contributed by atoms with Gasteiger partial charge >= 0.3 is 0 Å². The van der Waals surface area contributed by atoms with Crippen LogP contribution in [-0.4, -0.2) is 21.7 Å². The smallest absolute Gasteiger partial charge is 0.277 e. The molecular formula is C16H13FN2O2S2. The van der Waals surface area contributed by atoms with Gasteiger partial charge in [0.05, 0.1) is 5.75 Å². The van der Waals surface area contributed by atoms with Crippen LogP contribution in [0, 0.1) is 19.7 Å². The van der Waals surface area contributed by atoms with Crippen LogP contribution in [0.2, 0.25) is 0 Å². The molecule has 2 heterocycles. The van der Waals surface area contributed by atoms with E-state index in [1.54, 1.807) is 23.5 Å². The highest BCUT2D eigenvalue weighted by atomic mass is 32.2. The molecule has 0 fully saturated rings. The van der Waals surface area contributed by atoms with E-state index >= 15 is 0 Å². The second-order valence-electron chi connectivity index (χ2n) is 4.92. The first-order valence-electron chi connectivity index (χ1n) is 6.85. The molecule has 1 aromatic carbocycles. The Kier molecular flexibility index (Phi) is 4.58. The minimum absolute atomic E-state index is 0.0402. The zero-order chi connectivity index (χ0) is 16.4. The maximum atomic E-state index is 12.9. The number of Topliss-reactive ketones (excluding diaryl/α,β-unsaturated/α-hetero) is 1. The Hall–Kier alpha value is -1.99. The highest BCUT2D eigenvalue weighted by molar-refractivity contribution is 7.99. The molecule has 0 saturated carbocycles. The van der Waals surface area contributed by atoms with Crippen molar-refractivity contribution in [2.75, 3.05) is 5.75 Å². The molecule has 4 nitrogen and oxygen atoms in total. The number of rotatable bonds is 5. The summed E-state index contributed by atoms with van der Waals surface area (Å²) in [6.45, 7) is 3.92. The summed E-state index contributed by atoms with van der Waals surface area (Å²) in [6.07, 6.45) is 0. The molecule has 0 amide bonds. The Labute approximate surface area is 140 Å². The molecule has 0 radical (unpaired) electrons. The highest BCUT2D eigenvalue weighted by Gasteiger charge is 2.15. The predicted octanol–water partition coefficient (Wildman–Crippen LogP) is 4.53. The van der Waals surface area contributed by atoms with Crippen molar-refractivity contribution in [2.24, 2.45) is 0 Å². The van der Waals surface area contributed by atoms with Crippen molar-refractivity contribution in [3.05, 3.63) is 51.5 Å². The summed E-state index contributed by atoms with van der Waals surface area (Å²) < 4.78 is 18.4. The van der Waals surface area contributed by atoms with E-state index in [1.165, 1.54) is 23.9 Å². The highest BCUT2D eigenvalue weighted by Crippen LogP contribution is 2.26. The molecule has 0 aliphatic carbocycles. The fraction of sp³-hybridized carbons (Fsp3) is 0.188. The van der Waals surface area contributed by atoms with E-state index < -0.39 is 0 Å². The molecule has 3 rings (SSSR count). The summed E-state index contributed by atoms with van der Waals surface area (Å²) in [4.78, 5) is 14.4. The van der Waals surface area contributed by atoms with Gasteiger partial charge in [0.1, 0.15) is 5.82 Å². The molecule has 0 unspecified atom stereocenters. The molecule has 0 N–H and O–H groups in total. The molecule has 7 heteroatoms. The van der Waals surface area contributed by atoms with Gasteiger partial charge in [-0.1, -0.05) is 11.8 Å². The van der Waals surface area contributed by atoms with E-state index in [0.717, 1.165) is 15.3 Å². The minimum atomic E-state index is -0.324. The Morgan fingerprint density at radius 3 is 2.65 bits per heavy atom. The number of aromatic nitrogens is 2. The number of carbonyl (C=O) groups is 1. The number of hydrogen-bond donors (Lipinski definition) is 0. The predicted molar refractivity (Wildman–Crippen MR) is 88.5 cm³/mol. The lowest BCUT2D eigenvalue weighted by Gasteiger charge is -1.97. The number of benzene rings is 1. The van der Waals surface area contributed by atoms with Crippen LogP contribution in [0.15, 0.2) is 40.0 Å². The molecule has 23 heavy (non-hydrogen) atoms. The molecule has 0 aliphatic heterocycles. The van der Waals surface area contributed by atoms with Crippen LogP contribution in [0.4, 0.5) is 4.39 Å². The summed E-state index contributed by atoms with van der Waals surface area (Å²) >= 11 is 2.81. The van der Waals surface area contributed by atoms with Gasteiger partial charge in [-0.2, -0.15) is 0 Å². The number of nitrogens with zero attached hydrogens (tertiary/aromatic N) is 2. The average Bonchev–Trinajstić information content (AvgIpc) is 3.12. The fourth-order valence-electron chi connectivity index (χ4n) is 2.09. The SMILES string of the molecule is Cc1cc(C(=O)CSc2nnc(-c3ccc(F)cc3)o2)c(C)s1. The lowest BCUT2D eigenvalue weighted by Crippen LogP contribution is -2.02. The van der Waals surface area contributed by atoms with Crippen LogP contribution in [0.1, 0.15) is 20.1 Å². The molecule has 3 aromatic rings. The van der Waals surface area contributed by atoms with Gasteiger partial charge in [-0.3, -0.25) is 4.79 Å².